The Morgan fingerprint density at radius 2 is 2.18 bits per heavy atom. The maximum absolute atomic E-state index is 11.6. The van der Waals surface area contributed by atoms with Gasteiger partial charge in [-0.25, -0.2) is 4.79 Å². The van der Waals surface area contributed by atoms with Crippen LogP contribution in [0.1, 0.15) is 19.0 Å². The molecule has 0 aromatic carbocycles. The average Bonchev–Trinajstić information content (AvgIpc) is 2.32. The number of hydrogen-bond donors (Lipinski definition) is 0. The van der Waals surface area contributed by atoms with Crippen molar-refractivity contribution in [1.29, 1.82) is 0 Å². The number of nitrogens with zero attached hydrogens (tertiary/aromatic N) is 1. The zero-order valence-electron chi connectivity index (χ0n) is 10.4. The molecule has 1 rings (SSSR count). The fraction of sp³-hybridized carbons (Fsp3) is 0.385. The number of aryl methyl sites for hydroxylation is 1. The highest BCUT2D eigenvalue weighted by atomic mass is 16.5. The van der Waals surface area contributed by atoms with Gasteiger partial charge in [0.2, 0.25) is 0 Å². The van der Waals surface area contributed by atoms with Crippen LogP contribution in [0.25, 0.3) is 0 Å². The lowest BCUT2D eigenvalue weighted by Crippen LogP contribution is -2.20. The van der Waals surface area contributed by atoms with Crippen molar-refractivity contribution in [3.63, 3.8) is 0 Å². The molecule has 0 fully saturated rings. The summed E-state index contributed by atoms with van der Waals surface area (Å²) in [6.45, 7) is 4.13. The van der Waals surface area contributed by atoms with Gasteiger partial charge in [0.15, 0.2) is 0 Å². The summed E-state index contributed by atoms with van der Waals surface area (Å²) < 4.78 is 6.27. The Hall–Kier alpha value is -1.84. The van der Waals surface area contributed by atoms with E-state index in [-0.39, 0.29) is 11.5 Å². The third-order valence-corrected chi connectivity index (χ3v) is 2.62. The molecule has 0 radical (unpaired) electrons. The fourth-order valence-corrected chi connectivity index (χ4v) is 1.56. The van der Waals surface area contributed by atoms with Crippen LogP contribution < -0.4 is 5.56 Å². The fourth-order valence-electron chi connectivity index (χ4n) is 1.56. The van der Waals surface area contributed by atoms with E-state index in [0.717, 1.165) is 5.69 Å². The van der Waals surface area contributed by atoms with E-state index in [1.807, 2.05) is 19.9 Å². The highest BCUT2D eigenvalue weighted by Gasteiger charge is 2.06. The first kappa shape index (κ1) is 13.2. The van der Waals surface area contributed by atoms with Crippen LogP contribution >= 0.6 is 0 Å². The van der Waals surface area contributed by atoms with Crippen molar-refractivity contribution in [2.45, 2.75) is 26.8 Å². The Morgan fingerprint density at radius 3 is 2.71 bits per heavy atom. The number of aromatic nitrogens is 1. The van der Waals surface area contributed by atoms with Gasteiger partial charge in [-0.1, -0.05) is 19.1 Å². The van der Waals surface area contributed by atoms with E-state index in [1.165, 1.54) is 13.2 Å². The van der Waals surface area contributed by atoms with E-state index in [2.05, 4.69) is 4.74 Å². The molecule has 4 heteroatoms. The number of esters is 1. The largest absolute Gasteiger partial charge is 0.466 e. The molecule has 1 aromatic heterocycles. The molecule has 0 saturated heterocycles. The lowest BCUT2D eigenvalue weighted by Gasteiger charge is -2.07. The van der Waals surface area contributed by atoms with E-state index in [1.54, 1.807) is 16.7 Å². The molecule has 0 aliphatic rings. The molecule has 17 heavy (non-hydrogen) atoms. The summed E-state index contributed by atoms with van der Waals surface area (Å²) in [4.78, 5) is 23.0. The number of hydrogen-bond acceptors (Lipinski definition) is 3. The molecule has 0 spiro atoms. The van der Waals surface area contributed by atoms with Crippen molar-refractivity contribution in [2.24, 2.45) is 0 Å². The van der Waals surface area contributed by atoms with Gasteiger partial charge < -0.3 is 9.30 Å². The van der Waals surface area contributed by atoms with Crippen molar-refractivity contribution in [3.8, 4) is 0 Å². The molecule has 1 heterocycles. The van der Waals surface area contributed by atoms with Crippen LogP contribution in [0.4, 0.5) is 0 Å². The zero-order chi connectivity index (χ0) is 12.8. The van der Waals surface area contributed by atoms with E-state index in [4.69, 9.17) is 0 Å². The maximum Gasteiger partial charge on any atom is 0.333 e. The third-order valence-electron chi connectivity index (χ3n) is 2.62. The molecule has 0 amide bonds. The van der Waals surface area contributed by atoms with Gasteiger partial charge >= 0.3 is 5.97 Å². The van der Waals surface area contributed by atoms with E-state index in [0.29, 0.717) is 18.5 Å². The molecular formula is C13H17NO3. The Morgan fingerprint density at radius 1 is 1.47 bits per heavy atom. The van der Waals surface area contributed by atoms with Crippen LogP contribution in [-0.4, -0.2) is 17.6 Å². The number of carbonyl (C=O) groups is 1. The third kappa shape index (κ3) is 3.31. The SMILES string of the molecule is CCC(=CCn1c(C)cccc1=O)C(=O)OC. The molecular weight excluding hydrogens is 218 g/mol. The highest BCUT2D eigenvalue weighted by Crippen LogP contribution is 2.04. The van der Waals surface area contributed by atoms with Gasteiger partial charge in [0, 0.05) is 23.9 Å². The Balaban J connectivity index is 2.95. The van der Waals surface area contributed by atoms with Gasteiger partial charge in [-0.05, 0) is 19.4 Å². The molecule has 92 valence electrons. The summed E-state index contributed by atoms with van der Waals surface area (Å²) in [5, 5.41) is 0. The van der Waals surface area contributed by atoms with Crippen LogP contribution in [0.2, 0.25) is 0 Å². The Labute approximate surface area is 101 Å². The minimum Gasteiger partial charge on any atom is -0.466 e. The monoisotopic (exact) mass is 235 g/mol. The lowest BCUT2D eigenvalue weighted by molar-refractivity contribution is -0.136. The topological polar surface area (TPSA) is 48.3 Å². The molecule has 1 aromatic rings. The summed E-state index contributed by atoms with van der Waals surface area (Å²) in [5.74, 6) is -0.339. The van der Waals surface area contributed by atoms with Gasteiger partial charge in [-0.3, -0.25) is 4.79 Å². The first-order valence-electron chi connectivity index (χ1n) is 5.54. The minimum atomic E-state index is -0.339. The van der Waals surface area contributed by atoms with Crippen LogP contribution in [0.5, 0.6) is 0 Å². The molecule has 0 unspecified atom stereocenters. The first-order valence-corrected chi connectivity index (χ1v) is 5.54. The van der Waals surface area contributed by atoms with Crippen molar-refractivity contribution in [3.05, 3.63) is 45.9 Å². The second-order valence-electron chi connectivity index (χ2n) is 3.69. The second kappa shape index (κ2) is 6.03. The average molecular weight is 235 g/mol. The Kier molecular flexibility index (Phi) is 4.69. The number of rotatable bonds is 4. The van der Waals surface area contributed by atoms with Crippen LogP contribution in [-0.2, 0) is 16.1 Å². The van der Waals surface area contributed by atoms with Crippen molar-refractivity contribution in [1.82, 2.24) is 4.57 Å². The normalized spacial score (nSPS) is 11.4. The molecule has 4 nitrogen and oxygen atoms in total. The van der Waals surface area contributed by atoms with Gasteiger partial charge in [0.05, 0.1) is 7.11 Å². The van der Waals surface area contributed by atoms with Crippen molar-refractivity contribution in [2.75, 3.05) is 7.11 Å². The number of ether oxygens (including phenoxy) is 1. The summed E-state index contributed by atoms with van der Waals surface area (Å²) in [7, 11) is 1.35. The van der Waals surface area contributed by atoms with Crippen molar-refractivity contribution >= 4 is 5.97 Å². The first-order chi connectivity index (χ1) is 8.10. The number of carbonyl (C=O) groups excluding carboxylic acids is 1. The minimum absolute atomic E-state index is 0.0680. The summed E-state index contributed by atoms with van der Waals surface area (Å²) in [6, 6.07) is 5.09. The Bertz CT molecular complexity index is 486. The lowest BCUT2D eigenvalue weighted by atomic mass is 10.2. The molecule has 0 N–H and O–H groups in total. The predicted molar refractivity (Wildman–Crippen MR) is 65.8 cm³/mol. The smallest absolute Gasteiger partial charge is 0.333 e. The van der Waals surface area contributed by atoms with Gasteiger partial charge in [-0.2, -0.15) is 0 Å². The van der Waals surface area contributed by atoms with Gasteiger partial charge in [-0.15, -0.1) is 0 Å². The second-order valence-corrected chi connectivity index (χ2v) is 3.69. The van der Waals surface area contributed by atoms with E-state index in [9.17, 15) is 9.59 Å². The number of allylic oxidation sites excluding steroid dienone is 1. The molecule has 0 aliphatic heterocycles. The summed E-state index contributed by atoms with van der Waals surface area (Å²) in [5.41, 5.74) is 1.39. The van der Waals surface area contributed by atoms with Crippen LogP contribution in [0.15, 0.2) is 34.6 Å². The van der Waals surface area contributed by atoms with Gasteiger partial charge in [0.25, 0.3) is 5.56 Å². The van der Waals surface area contributed by atoms with E-state index >= 15 is 0 Å². The van der Waals surface area contributed by atoms with E-state index < -0.39 is 0 Å². The highest BCUT2D eigenvalue weighted by molar-refractivity contribution is 5.88. The maximum atomic E-state index is 11.6. The number of methoxy groups -OCH3 is 1. The predicted octanol–water partition coefficient (Wildman–Crippen LogP) is 1.67. The summed E-state index contributed by atoms with van der Waals surface area (Å²) in [6.07, 6.45) is 2.33. The molecule has 0 saturated carbocycles. The number of pyridine rings is 1. The quantitative estimate of drug-likeness (QED) is 0.589. The summed E-state index contributed by atoms with van der Waals surface area (Å²) >= 11 is 0. The molecule has 0 atom stereocenters. The van der Waals surface area contributed by atoms with Gasteiger partial charge in [0.1, 0.15) is 0 Å². The van der Waals surface area contributed by atoms with Crippen LogP contribution in [0, 0.1) is 6.92 Å². The standard InChI is InChI=1S/C13H17NO3/c1-4-11(13(16)17-3)8-9-14-10(2)6-5-7-12(14)15/h5-8H,4,9H2,1-3H3. The van der Waals surface area contributed by atoms with Crippen molar-refractivity contribution < 1.29 is 9.53 Å². The molecule has 0 aliphatic carbocycles. The molecule has 0 bridgehead atoms. The van der Waals surface area contributed by atoms with Crippen LogP contribution in [0.3, 0.4) is 0 Å². The zero-order valence-corrected chi connectivity index (χ0v) is 10.4.